The Hall–Kier alpha value is -3.80. The zero-order chi connectivity index (χ0) is 20.2. The highest BCUT2D eigenvalue weighted by molar-refractivity contribution is 6.08. The van der Waals surface area contributed by atoms with E-state index in [9.17, 15) is 9.18 Å². The molecule has 0 spiro atoms. The molecule has 0 fully saturated rings. The maximum atomic E-state index is 13.0. The van der Waals surface area contributed by atoms with Gasteiger partial charge in [-0.15, -0.1) is 0 Å². The number of halogens is 1. The van der Waals surface area contributed by atoms with Crippen molar-refractivity contribution in [1.82, 2.24) is 10.1 Å². The molecule has 0 aliphatic rings. The lowest BCUT2D eigenvalue weighted by atomic mass is 10.0. The summed E-state index contributed by atoms with van der Waals surface area (Å²) >= 11 is 0. The number of hydrogen-bond acceptors (Lipinski definition) is 5. The van der Waals surface area contributed by atoms with Gasteiger partial charge >= 0.3 is 0 Å². The van der Waals surface area contributed by atoms with E-state index in [1.54, 1.807) is 24.3 Å². The van der Waals surface area contributed by atoms with Crippen LogP contribution in [0.15, 0.2) is 77.3 Å². The molecule has 0 saturated carbocycles. The first-order valence-corrected chi connectivity index (χ1v) is 9.02. The molecule has 4 aromatic rings. The number of ketones is 1. The molecule has 3 aromatic carbocycles. The minimum Gasteiger partial charge on any atom is -0.484 e. The van der Waals surface area contributed by atoms with Crippen LogP contribution in [0.2, 0.25) is 0 Å². The van der Waals surface area contributed by atoms with Crippen molar-refractivity contribution in [2.75, 3.05) is 0 Å². The predicted molar refractivity (Wildman–Crippen MR) is 105 cm³/mol. The van der Waals surface area contributed by atoms with Crippen molar-refractivity contribution >= 4 is 5.78 Å². The van der Waals surface area contributed by atoms with Gasteiger partial charge in [-0.05, 0) is 61.0 Å². The van der Waals surface area contributed by atoms with Crippen LogP contribution in [0.5, 0.6) is 5.75 Å². The first-order valence-electron chi connectivity index (χ1n) is 9.02. The van der Waals surface area contributed by atoms with Gasteiger partial charge in [-0.1, -0.05) is 29.4 Å². The minimum atomic E-state index is -0.378. The lowest BCUT2D eigenvalue weighted by Gasteiger charge is -2.05. The van der Waals surface area contributed by atoms with Crippen LogP contribution in [0.4, 0.5) is 4.39 Å². The van der Waals surface area contributed by atoms with Crippen LogP contribution in [-0.2, 0) is 6.61 Å². The monoisotopic (exact) mass is 388 g/mol. The van der Waals surface area contributed by atoms with Crippen LogP contribution in [0.1, 0.15) is 27.4 Å². The summed E-state index contributed by atoms with van der Waals surface area (Å²) in [6, 6.07) is 19.9. The molecule has 0 saturated heterocycles. The summed E-state index contributed by atoms with van der Waals surface area (Å²) in [4.78, 5) is 16.8. The van der Waals surface area contributed by atoms with E-state index in [0.29, 0.717) is 28.6 Å². The summed E-state index contributed by atoms with van der Waals surface area (Å²) in [7, 11) is 0. The fraction of sp³-hybridized carbons (Fsp3) is 0.0870. The molecule has 0 amide bonds. The Morgan fingerprint density at radius 3 is 2.31 bits per heavy atom. The Kier molecular flexibility index (Phi) is 5.16. The number of benzene rings is 3. The van der Waals surface area contributed by atoms with Gasteiger partial charge in [0.1, 0.15) is 11.6 Å². The van der Waals surface area contributed by atoms with E-state index in [4.69, 9.17) is 9.26 Å². The minimum absolute atomic E-state index is 0.115. The molecule has 4 rings (SSSR count). The Bertz CT molecular complexity index is 1140. The number of aromatic nitrogens is 2. The molecule has 0 radical (unpaired) electrons. The Balaban J connectivity index is 1.40. The Morgan fingerprint density at radius 1 is 0.966 bits per heavy atom. The molecule has 0 unspecified atom stereocenters. The lowest BCUT2D eigenvalue weighted by Crippen LogP contribution is -2.01. The third kappa shape index (κ3) is 4.21. The maximum absolute atomic E-state index is 13.0. The van der Waals surface area contributed by atoms with Crippen LogP contribution in [0, 0.1) is 12.7 Å². The number of hydrogen-bond donors (Lipinski definition) is 0. The van der Waals surface area contributed by atoms with Gasteiger partial charge in [0.2, 0.25) is 5.82 Å². The van der Waals surface area contributed by atoms with Gasteiger partial charge < -0.3 is 9.26 Å². The second-order valence-corrected chi connectivity index (χ2v) is 6.48. The van der Waals surface area contributed by atoms with Crippen LogP contribution < -0.4 is 4.74 Å². The predicted octanol–water partition coefficient (Wildman–Crippen LogP) is 4.99. The fourth-order valence-corrected chi connectivity index (χ4v) is 2.86. The molecule has 1 heterocycles. The normalized spacial score (nSPS) is 10.7. The number of aryl methyl sites for hydroxylation is 1. The Morgan fingerprint density at radius 2 is 1.62 bits per heavy atom. The molecule has 5 nitrogen and oxygen atoms in total. The summed E-state index contributed by atoms with van der Waals surface area (Å²) in [5, 5.41) is 4.00. The average molecular weight is 388 g/mol. The largest absolute Gasteiger partial charge is 0.484 e. The number of nitrogens with zero attached hydrogens (tertiary/aromatic N) is 2. The molecule has 6 heteroatoms. The molecule has 0 bridgehead atoms. The summed E-state index contributed by atoms with van der Waals surface area (Å²) in [6.07, 6.45) is 0. The van der Waals surface area contributed by atoms with E-state index >= 15 is 0 Å². The zero-order valence-electron chi connectivity index (χ0n) is 15.6. The van der Waals surface area contributed by atoms with Gasteiger partial charge in [0.15, 0.2) is 12.4 Å². The number of ether oxygens (including phenoxy) is 1. The molecule has 1 aromatic heterocycles. The van der Waals surface area contributed by atoms with Crippen molar-refractivity contribution in [2.24, 2.45) is 0 Å². The number of carbonyl (C=O) groups excluding carboxylic acids is 1. The van der Waals surface area contributed by atoms with E-state index in [1.165, 1.54) is 24.3 Å². The van der Waals surface area contributed by atoms with Crippen LogP contribution >= 0.6 is 0 Å². The van der Waals surface area contributed by atoms with Crippen molar-refractivity contribution in [1.29, 1.82) is 0 Å². The van der Waals surface area contributed by atoms with Crippen molar-refractivity contribution in [3.63, 3.8) is 0 Å². The average Bonchev–Trinajstić information content (AvgIpc) is 3.22. The quantitative estimate of drug-likeness (QED) is 0.435. The highest BCUT2D eigenvalue weighted by atomic mass is 19.1. The fourth-order valence-electron chi connectivity index (χ4n) is 2.86. The molecule has 0 aliphatic heterocycles. The molecule has 0 aliphatic carbocycles. The second kappa shape index (κ2) is 8.06. The third-order valence-electron chi connectivity index (χ3n) is 4.44. The van der Waals surface area contributed by atoms with Crippen molar-refractivity contribution in [2.45, 2.75) is 13.5 Å². The first-order chi connectivity index (χ1) is 14.1. The molecule has 144 valence electrons. The van der Waals surface area contributed by atoms with Crippen molar-refractivity contribution in [3.05, 3.63) is 101 Å². The zero-order valence-corrected chi connectivity index (χ0v) is 15.6. The highest BCUT2D eigenvalue weighted by Gasteiger charge is 2.12. The van der Waals surface area contributed by atoms with Crippen LogP contribution in [0.3, 0.4) is 0 Å². The molecular weight excluding hydrogens is 371 g/mol. The van der Waals surface area contributed by atoms with Gasteiger partial charge in [-0.25, -0.2) is 4.39 Å². The van der Waals surface area contributed by atoms with E-state index in [2.05, 4.69) is 10.1 Å². The number of rotatable bonds is 6. The molecule has 29 heavy (non-hydrogen) atoms. The molecule has 0 atom stereocenters. The third-order valence-corrected chi connectivity index (χ3v) is 4.44. The van der Waals surface area contributed by atoms with Gasteiger partial charge in [-0.3, -0.25) is 4.79 Å². The first kappa shape index (κ1) is 18.6. The van der Waals surface area contributed by atoms with Gasteiger partial charge in [0.05, 0.1) is 0 Å². The van der Waals surface area contributed by atoms with Gasteiger partial charge in [0, 0.05) is 16.7 Å². The van der Waals surface area contributed by atoms with Crippen molar-refractivity contribution < 1.29 is 18.4 Å². The van der Waals surface area contributed by atoms with Gasteiger partial charge in [-0.2, -0.15) is 4.98 Å². The Labute approximate surface area is 166 Å². The van der Waals surface area contributed by atoms with Crippen LogP contribution in [0.25, 0.3) is 11.4 Å². The maximum Gasteiger partial charge on any atom is 0.264 e. The van der Waals surface area contributed by atoms with E-state index in [1.807, 2.05) is 31.2 Å². The van der Waals surface area contributed by atoms with Crippen molar-refractivity contribution in [3.8, 4) is 17.1 Å². The van der Waals surface area contributed by atoms with E-state index < -0.39 is 0 Å². The summed E-state index contributed by atoms with van der Waals surface area (Å²) in [6.45, 7) is 2.10. The summed E-state index contributed by atoms with van der Waals surface area (Å²) in [5.74, 6) is 0.876. The molecular formula is C23H17FN2O3. The highest BCUT2D eigenvalue weighted by Crippen LogP contribution is 2.21. The van der Waals surface area contributed by atoms with Crippen LogP contribution in [-0.4, -0.2) is 15.9 Å². The number of carbonyl (C=O) groups is 1. The van der Waals surface area contributed by atoms with E-state index in [0.717, 1.165) is 11.1 Å². The van der Waals surface area contributed by atoms with E-state index in [-0.39, 0.29) is 18.2 Å². The summed E-state index contributed by atoms with van der Waals surface area (Å²) in [5.41, 5.74) is 2.88. The topological polar surface area (TPSA) is 65.2 Å². The van der Waals surface area contributed by atoms with Gasteiger partial charge in [0.25, 0.3) is 5.89 Å². The smallest absolute Gasteiger partial charge is 0.264 e. The lowest BCUT2D eigenvalue weighted by molar-refractivity contribution is 0.103. The standard InChI is InChI=1S/C23H17FN2O3/c1-15-4-2-3-5-20(15)23-25-21(29-26-23)14-28-19-12-8-17(9-13-19)22(27)16-6-10-18(24)11-7-16/h2-13H,14H2,1H3. The SMILES string of the molecule is Cc1ccccc1-c1noc(COc2ccc(C(=O)c3ccc(F)cc3)cc2)n1. The molecule has 0 N–H and O–H groups in total. The summed E-state index contributed by atoms with van der Waals surface area (Å²) < 4.78 is 23.9. The second-order valence-electron chi connectivity index (χ2n) is 6.48.